The molecule has 0 spiro atoms. The van der Waals surface area contributed by atoms with Crippen LogP contribution in [-0.2, 0) is 28.8 Å². The lowest BCUT2D eigenvalue weighted by Crippen LogP contribution is -2.58. The van der Waals surface area contributed by atoms with Gasteiger partial charge in [0.1, 0.15) is 30.2 Å². The van der Waals surface area contributed by atoms with Gasteiger partial charge in [0.25, 0.3) is 0 Å². The van der Waals surface area contributed by atoms with Gasteiger partial charge in [0.2, 0.25) is 35.4 Å². The minimum absolute atomic E-state index is 0.190. The number of nitrogens with one attached hydrogen (secondary N) is 1. The van der Waals surface area contributed by atoms with Crippen molar-refractivity contribution in [1.29, 1.82) is 0 Å². The van der Waals surface area contributed by atoms with E-state index < -0.39 is 36.3 Å². The standard InChI is InChI=1S/C32H51N7O6/c1-3-4-10-21(33)28(41)36-17-6-12-23(36)30(43)38-19-8-14-25(38)32(45)39-20-9-15-26(39)31(44)37-18-7-13-24(37)29(42)35-16-5-11-22(35)27(40)34-2/h21-26H,3-20,33H2,1-2H3,(H,34,40)/t21-,22-,23-,24-,25-,26+/m0/s1. The molecule has 0 aromatic rings. The Morgan fingerprint density at radius 3 is 1.31 bits per heavy atom. The van der Waals surface area contributed by atoms with Crippen LogP contribution in [0.3, 0.4) is 0 Å². The molecule has 5 heterocycles. The second kappa shape index (κ2) is 14.5. The SMILES string of the molecule is CCCC[C@H](N)C(=O)N1CCC[C@H]1C(=O)N1CCC[C@H]1C(=O)N1CCC[C@@H]1C(=O)N1CCC[C@H]1C(=O)N1CCC[C@H]1C(=O)NC. The number of likely N-dealkylation sites (N-methyl/N-ethyl adjacent to an activating group) is 1. The molecule has 0 radical (unpaired) electrons. The van der Waals surface area contributed by atoms with Crippen LogP contribution < -0.4 is 11.1 Å². The lowest BCUT2D eigenvalue weighted by Gasteiger charge is -2.36. The third-order valence-corrected chi connectivity index (χ3v) is 10.6. The smallest absolute Gasteiger partial charge is 0.246 e. The Bertz CT molecular complexity index is 1160. The van der Waals surface area contributed by atoms with Gasteiger partial charge in [-0.3, -0.25) is 28.8 Å². The van der Waals surface area contributed by atoms with Gasteiger partial charge >= 0.3 is 0 Å². The molecular formula is C32H51N7O6. The first-order valence-corrected chi connectivity index (χ1v) is 17.2. The normalized spacial score (nSPS) is 29.0. The molecule has 5 aliphatic rings. The molecule has 6 amide bonds. The minimum atomic E-state index is -0.683. The minimum Gasteiger partial charge on any atom is -0.357 e. The van der Waals surface area contributed by atoms with Gasteiger partial charge in [0, 0.05) is 39.8 Å². The maximum Gasteiger partial charge on any atom is 0.246 e. The summed E-state index contributed by atoms with van der Waals surface area (Å²) < 4.78 is 0. The Morgan fingerprint density at radius 1 is 0.600 bits per heavy atom. The maximum absolute atomic E-state index is 14.1. The number of nitrogens with two attached hydrogens (primary N) is 1. The highest BCUT2D eigenvalue weighted by Crippen LogP contribution is 2.31. The molecule has 0 aromatic heterocycles. The summed E-state index contributed by atoms with van der Waals surface area (Å²) in [5, 5.41) is 2.64. The van der Waals surface area contributed by atoms with Crippen molar-refractivity contribution in [3.05, 3.63) is 0 Å². The van der Waals surface area contributed by atoms with Crippen molar-refractivity contribution in [3.63, 3.8) is 0 Å². The average molecular weight is 630 g/mol. The number of nitrogens with zero attached hydrogens (tertiary/aromatic N) is 5. The Labute approximate surface area is 266 Å². The summed E-state index contributed by atoms with van der Waals surface area (Å²) in [6, 6.07) is -3.76. The molecule has 13 nitrogen and oxygen atoms in total. The van der Waals surface area contributed by atoms with Crippen LogP contribution in [0.25, 0.3) is 0 Å². The van der Waals surface area contributed by atoms with E-state index in [0.717, 1.165) is 25.7 Å². The summed E-state index contributed by atoms with van der Waals surface area (Å²) >= 11 is 0. The molecule has 0 bridgehead atoms. The van der Waals surface area contributed by atoms with Crippen LogP contribution in [0, 0.1) is 0 Å². The second-order valence-electron chi connectivity index (χ2n) is 13.3. The van der Waals surface area contributed by atoms with Crippen molar-refractivity contribution in [1.82, 2.24) is 29.8 Å². The molecule has 0 aromatic carbocycles. The fourth-order valence-electron chi connectivity index (χ4n) is 8.14. The fraction of sp³-hybridized carbons (Fsp3) is 0.812. The van der Waals surface area contributed by atoms with E-state index in [1.165, 1.54) is 0 Å². The zero-order valence-corrected chi connectivity index (χ0v) is 27.0. The third-order valence-electron chi connectivity index (χ3n) is 10.6. The highest BCUT2D eigenvalue weighted by molar-refractivity contribution is 5.97. The number of carbonyl (C=O) groups is 6. The maximum atomic E-state index is 14.1. The lowest BCUT2D eigenvalue weighted by molar-refractivity contribution is -0.153. The van der Waals surface area contributed by atoms with Crippen LogP contribution in [0.2, 0.25) is 0 Å². The first-order valence-electron chi connectivity index (χ1n) is 17.2. The van der Waals surface area contributed by atoms with Gasteiger partial charge in [0.05, 0.1) is 6.04 Å². The Balaban J connectivity index is 1.25. The summed E-state index contributed by atoms with van der Waals surface area (Å²) in [6.07, 6.45) is 8.56. The number of carbonyl (C=O) groups excluding carboxylic acids is 6. The van der Waals surface area contributed by atoms with Crippen molar-refractivity contribution in [2.75, 3.05) is 39.8 Å². The largest absolute Gasteiger partial charge is 0.357 e. The Hall–Kier alpha value is -3.22. The van der Waals surface area contributed by atoms with E-state index in [1.54, 1.807) is 31.5 Å². The van der Waals surface area contributed by atoms with Crippen molar-refractivity contribution in [2.45, 2.75) is 127 Å². The van der Waals surface area contributed by atoms with Crippen molar-refractivity contribution in [3.8, 4) is 0 Å². The number of hydrogen-bond donors (Lipinski definition) is 2. The van der Waals surface area contributed by atoms with Gasteiger partial charge in [-0.2, -0.15) is 0 Å². The summed E-state index contributed by atoms with van der Waals surface area (Å²) in [5.41, 5.74) is 6.19. The molecular weight excluding hydrogens is 578 g/mol. The average Bonchev–Trinajstić information content (AvgIpc) is 3.89. The van der Waals surface area contributed by atoms with Gasteiger partial charge in [-0.25, -0.2) is 0 Å². The molecule has 5 rings (SSSR count). The molecule has 6 atom stereocenters. The molecule has 13 heteroatoms. The van der Waals surface area contributed by atoms with Crippen LogP contribution in [0.5, 0.6) is 0 Å². The molecule has 0 unspecified atom stereocenters. The van der Waals surface area contributed by atoms with Crippen LogP contribution in [0.15, 0.2) is 0 Å². The van der Waals surface area contributed by atoms with Crippen molar-refractivity contribution < 1.29 is 28.8 Å². The Kier molecular flexibility index (Phi) is 10.7. The van der Waals surface area contributed by atoms with E-state index in [9.17, 15) is 28.8 Å². The first kappa shape index (κ1) is 33.2. The lowest BCUT2D eigenvalue weighted by atomic mass is 10.1. The number of unbranched alkanes of at least 4 members (excludes halogenated alkanes) is 1. The van der Waals surface area contributed by atoms with Gasteiger partial charge in [-0.05, 0) is 70.6 Å². The third kappa shape index (κ3) is 6.55. The molecule has 5 aliphatic heterocycles. The molecule has 250 valence electrons. The van der Waals surface area contributed by atoms with E-state index in [2.05, 4.69) is 5.32 Å². The predicted molar refractivity (Wildman–Crippen MR) is 165 cm³/mol. The van der Waals surface area contributed by atoms with Crippen LogP contribution in [0.4, 0.5) is 0 Å². The van der Waals surface area contributed by atoms with Gasteiger partial charge < -0.3 is 35.6 Å². The van der Waals surface area contributed by atoms with Gasteiger partial charge in [-0.15, -0.1) is 0 Å². The number of rotatable bonds is 9. The second-order valence-corrected chi connectivity index (χ2v) is 13.3. The zero-order chi connectivity index (χ0) is 32.2. The number of amides is 6. The van der Waals surface area contributed by atoms with E-state index in [-0.39, 0.29) is 35.4 Å². The van der Waals surface area contributed by atoms with Crippen LogP contribution >= 0.6 is 0 Å². The number of likely N-dealkylation sites (tertiary alicyclic amines) is 5. The Morgan fingerprint density at radius 2 is 0.933 bits per heavy atom. The van der Waals surface area contributed by atoms with E-state index in [4.69, 9.17) is 5.73 Å². The highest BCUT2D eigenvalue weighted by Gasteiger charge is 2.49. The van der Waals surface area contributed by atoms with E-state index >= 15 is 0 Å². The molecule has 3 N–H and O–H groups in total. The van der Waals surface area contributed by atoms with Crippen LogP contribution in [0.1, 0.15) is 90.4 Å². The molecule has 45 heavy (non-hydrogen) atoms. The quantitative estimate of drug-likeness (QED) is 0.369. The van der Waals surface area contributed by atoms with Crippen LogP contribution in [-0.4, -0.2) is 136 Å². The first-order chi connectivity index (χ1) is 21.7. The summed E-state index contributed by atoms with van der Waals surface area (Å²) in [6.45, 7) is 4.32. The molecule has 0 saturated carbocycles. The molecule has 5 fully saturated rings. The van der Waals surface area contributed by atoms with Gasteiger partial charge in [-0.1, -0.05) is 19.8 Å². The molecule has 0 aliphatic carbocycles. The van der Waals surface area contributed by atoms with E-state index in [0.29, 0.717) is 90.5 Å². The predicted octanol–water partition coefficient (Wildman–Crippen LogP) is 0.205. The number of hydrogen-bond acceptors (Lipinski definition) is 7. The monoisotopic (exact) mass is 629 g/mol. The van der Waals surface area contributed by atoms with E-state index in [1.807, 2.05) is 6.92 Å². The highest BCUT2D eigenvalue weighted by atomic mass is 16.2. The van der Waals surface area contributed by atoms with Crippen molar-refractivity contribution in [2.24, 2.45) is 5.73 Å². The summed E-state index contributed by atoms with van der Waals surface area (Å²) in [4.78, 5) is 89.2. The van der Waals surface area contributed by atoms with Gasteiger partial charge in [0.15, 0.2) is 0 Å². The zero-order valence-electron chi connectivity index (χ0n) is 27.0. The fourth-order valence-corrected chi connectivity index (χ4v) is 8.14. The summed E-state index contributed by atoms with van der Waals surface area (Å²) in [7, 11) is 1.56. The van der Waals surface area contributed by atoms with Crippen molar-refractivity contribution >= 4 is 35.4 Å². The summed E-state index contributed by atoms with van der Waals surface area (Å²) in [5.74, 6) is -1.24. The topological polar surface area (TPSA) is 157 Å². The molecule has 5 saturated heterocycles.